The summed E-state index contributed by atoms with van der Waals surface area (Å²) in [6.07, 6.45) is 3.86. The Balaban J connectivity index is 2.14. The Hall–Kier alpha value is -3.78. The number of carboxylic acid groups (broad SMARTS) is 1. The van der Waals surface area contributed by atoms with Gasteiger partial charge in [-0.2, -0.15) is 0 Å². The summed E-state index contributed by atoms with van der Waals surface area (Å²) >= 11 is 0. The van der Waals surface area contributed by atoms with Crippen LogP contribution in [0, 0.1) is 0 Å². The van der Waals surface area contributed by atoms with Crippen LogP contribution in [0.2, 0.25) is 0 Å². The predicted molar refractivity (Wildman–Crippen MR) is 129 cm³/mol. The number of fused-ring (bicyclic) bond motifs is 1. The molecule has 1 atom stereocenters. The molecule has 2 aromatic carbocycles. The van der Waals surface area contributed by atoms with Gasteiger partial charge >= 0.3 is 5.97 Å². The molecule has 8 N–H and O–H groups in total. The molecule has 1 unspecified atom stereocenters. The number of benzene rings is 2. The second-order valence-corrected chi connectivity index (χ2v) is 7.75. The van der Waals surface area contributed by atoms with Crippen molar-refractivity contribution in [3.8, 4) is 0 Å². The van der Waals surface area contributed by atoms with E-state index in [0.29, 0.717) is 18.7 Å². The van der Waals surface area contributed by atoms with Crippen LogP contribution in [0.1, 0.15) is 41.6 Å². The lowest BCUT2D eigenvalue weighted by Crippen LogP contribution is -2.31. The largest absolute Gasteiger partial charge is 0.481 e. The quantitative estimate of drug-likeness (QED) is 0.347. The smallest absolute Gasteiger partial charge is 0.307 e. The number of nitrogens with two attached hydrogens (primary N) is 3. The molecule has 1 aliphatic rings. The van der Waals surface area contributed by atoms with Gasteiger partial charge in [0, 0.05) is 48.5 Å². The predicted octanol–water partition coefficient (Wildman–Crippen LogP) is 2.69. The first-order chi connectivity index (χ1) is 15.3. The number of hydrazine groups is 1. The minimum atomic E-state index is -0.878. The van der Waals surface area contributed by atoms with Gasteiger partial charge in [-0.05, 0) is 42.2 Å². The lowest BCUT2D eigenvalue weighted by Gasteiger charge is -2.23. The van der Waals surface area contributed by atoms with Crippen LogP contribution in [0.25, 0.3) is 11.3 Å². The van der Waals surface area contributed by atoms with Crippen molar-refractivity contribution in [3.63, 3.8) is 0 Å². The minimum Gasteiger partial charge on any atom is -0.481 e. The Bertz CT molecular complexity index is 1090. The average Bonchev–Trinajstić information content (AvgIpc) is 2.89. The highest BCUT2D eigenvalue weighted by molar-refractivity contribution is 6.09. The summed E-state index contributed by atoms with van der Waals surface area (Å²) < 4.78 is 0. The molecule has 1 heterocycles. The third kappa shape index (κ3) is 4.92. The monoisotopic (exact) mass is 434 g/mol. The molecule has 0 amide bonds. The fourth-order valence-electron chi connectivity index (χ4n) is 4.04. The van der Waals surface area contributed by atoms with Gasteiger partial charge in [0.05, 0.1) is 18.2 Å². The van der Waals surface area contributed by atoms with Crippen LogP contribution >= 0.6 is 0 Å². The van der Waals surface area contributed by atoms with E-state index in [-0.39, 0.29) is 12.5 Å². The molecule has 2 aromatic rings. The molecule has 8 heteroatoms. The summed E-state index contributed by atoms with van der Waals surface area (Å²) in [5, 5.41) is 14.5. The van der Waals surface area contributed by atoms with Gasteiger partial charge in [0.15, 0.2) is 0 Å². The molecule has 0 saturated heterocycles. The molecule has 1 aliphatic heterocycles. The first kappa shape index (κ1) is 22.9. The third-order valence-corrected chi connectivity index (χ3v) is 5.47. The van der Waals surface area contributed by atoms with Crippen molar-refractivity contribution in [2.75, 3.05) is 18.9 Å². The van der Waals surface area contributed by atoms with E-state index in [1.165, 1.54) is 6.20 Å². The molecule has 3 rings (SSSR count). The van der Waals surface area contributed by atoms with E-state index in [9.17, 15) is 9.90 Å². The van der Waals surface area contributed by atoms with Gasteiger partial charge in [0.25, 0.3) is 0 Å². The molecule has 0 bridgehead atoms. The number of aliphatic carboxylic acids is 1. The number of allylic oxidation sites excluding steroid dienone is 2. The van der Waals surface area contributed by atoms with Gasteiger partial charge < -0.3 is 26.9 Å². The third-order valence-electron chi connectivity index (χ3n) is 5.47. The maximum absolute atomic E-state index is 11.3. The number of hydrogen-bond acceptors (Lipinski definition) is 7. The van der Waals surface area contributed by atoms with Crippen LogP contribution in [0.3, 0.4) is 0 Å². The zero-order valence-corrected chi connectivity index (χ0v) is 18.4. The lowest BCUT2D eigenvalue weighted by atomic mass is 9.92. The number of hydrogen-bond donors (Lipinski definition) is 5. The van der Waals surface area contributed by atoms with E-state index in [2.05, 4.69) is 16.4 Å². The Morgan fingerprint density at radius 2 is 2.06 bits per heavy atom. The van der Waals surface area contributed by atoms with E-state index in [1.807, 2.05) is 43.3 Å². The Kier molecular flexibility index (Phi) is 7.17. The average molecular weight is 435 g/mol. The van der Waals surface area contributed by atoms with Gasteiger partial charge in [-0.3, -0.25) is 9.79 Å². The van der Waals surface area contributed by atoms with E-state index < -0.39 is 5.97 Å². The number of aliphatic imine (C=N–C) groups is 1. The zero-order chi connectivity index (χ0) is 23.3. The van der Waals surface area contributed by atoms with E-state index >= 15 is 0 Å². The molecule has 0 spiro atoms. The Labute approximate surface area is 188 Å². The van der Waals surface area contributed by atoms with Gasteiger partial charge in [-0.1, -0.05) is 30.3 Å². The summed E-state index contributed by atoms with van der Waals surface area (Å²) in [4.78, 5) is 15.4. The summed E-state index contributed by atoms with van der Waals surface area (Å²) in [7, 11) is 1.70. The molecular formula is C24H30N6O2. The SMILES string of the molecule is CN=CC(=CN)c1ccc2c(c1)C(Nc1ccccc1CC(=O)O)CCN(N)/C2=C(/C)N. The minimum absolute atomic E-state index is 0.0636. The highest BCUT2D eigenvalue weighted by Crippen LogP contribution is 2.37. The number of nitrogens with one attached hydrogen (secondary N) is 1. The lowest BCUT2D eigenvalue weighted by molar-refractivity contribution is -0.136. The molecule has 0 aromatic heterocycles. The molecular weight excluding hydrogens is 404 g/mol. The molecule has 0 aliphatic carbocycles. The molecule has 0 fully saturated rings. The molecule has 8 nitrogen and oxygen atoms in total. The zero-order valence-electron chi connectivity index (χ0n) is 18.4. The first-order valence-corrected chi connectivity index (χ1v) is 10.4. The summed E-state index contributed by atoms with van der Waals surface area (Å²) in [6, 6.07) is 13.3. The number of carbonyl (C=O) groups is 1. The number of rotatable bonds is 6. The van der Waals surface area contributed by atoms with Crippen molar-refractivity contribution < 1.29 is 9.90 Å². The maximum atomic E-state index is 11.3. The highest BCUT2D eigenvalue weighted by atomic mass is 16.4. The molecule has 32 heavy (non-hydrogen) atoms. The van der Waals surface area contributed by atoms with Crippen LogP contribution in [-0.4, -0.2) is 35.9 Å². The van der Waals surface area contributed by atoms with Gasteiger partial charge in [0.2, 0.25) is 0 Å². The van der Waals surface area contributed by atoms with Crippen molar-refractivity contribution in [2.24, 2.45) is 22.3 Å². The van der Waals surface area contributed by atoms with Crippen molar-refractivity contribution in [1.29, 1.82) is 0 Å². The van der Waals surface area contributed by atoms with Crippen molar-refractivity contribution in [2.45, 2.75) is 25.8 Å². The summed E-state index contributed by atoms with van der Waals surface area (Å²) in [5.74, 6) is 5.48. The first-order valence-electron chi connectivity index (χ1n) is 10.4. The van der Waals surface area contributed by atoms with Crippen LogP contribution in [-0.2, 0) is 11.2 Å². The number of anilines is 1. The highest BCUT2D eigenvalue weighted by Gasteiger charge is 2.26. The van der Waals surface area contributed by atoms with Crippen LogP contribution < -0.4 is 22.6 Å². The number of para-hydroxylation sites is 1. The van der Waals surface area contributed by atoms with Crippen LogP contribution in [0.15, 0.2) is 59.4 Å². The number of nitrogens with zero attached hydrogens (tertiary/aromatic N) is 2. The second-order valence-electron chi connectivity index (χ2n) is 7.75. The molecule has 0 saturated carbocycles. The normalized spacial score (nSPS) is 18.3. The Morgan fingerprint density at radius 3 is 2.72 bits per heavy atom. The van der Waals surface area contributed by atoms with Crippen molar-refractivity contribution in [3.05, 3.63) is 76.6 Å². The standard InChI is InChI=1S/C24H30N6O2/c1-15(26)24-19-8-7-16(18(13-25)14-28-2)11-20(19)22(9-10-30(24)27)29-21-6-4-3-5-17(21)12-23(31)32/h3-8,11,13-14,22,29H,9-10,12,25-27H2,1-2H3,(H,31,32)/b18-13?,24-15-,28-14?. The summed E-state index contributed by atoms with van der Waals surface area (Å²) in [6.45, 7) is 2.40. The van der Waals surface area contributed by atoms with Crippen LogP contribution in [0.4, 0.5) is 5.69 Å². The van der Waals surface area contributed by atoms with Crippen molar-refractivity contribution in [1.82, 2.24) is 5.01 Å². The molecule has 168 valence electrons. The fourth-order valence-corrected chi connectivity index (χ4v) is 4.04. The second kappa shape index (κ2) is 10.0. The van der Waals surface area contributed by atoms with Crippen LogP contribution in [0.5, 0.6) is 0 Å². The van der Waals surface area contributed by atoms with Gasteiger partial charge in [-0.25, -0.2) is 5.84 Å². The van der Waals surface area contributed by atoms with Gasteiger partial charge in [-0.15, -0.1) is 0 Å². The maximum Gasteiger partial charge on any atom is 0.307 e. The molecule has 0 radical (unpaired) electrons. The van der Waals surface area contributed by atoms with Crippen molar-refractivity contribution >= 4 is 29.1 Å². The van der Waals surface area contributed by atoms with Gasteiger partial charge in [0.1, 0.15) is 0 Å². The van der Waals surface area contributed by atoms with E-state index in [4.69, 9.17) is 17.3 Å². The summed E-state index contributed by atoms with van der Waals surface area (Å²) in [5.41, 5.74) is 18.6. The fraction of sp³-hybridized carbons (Fsp3) is 0.250. The Morgan fingerprint density at radius 1 is 1.31 bits per heavy atom. The number of carboxylic acids is 1. The van der Waals surface area contributed by atoms with E-state index in [1.54, 1.807) is 18.3 Å². The topological polar surface area (TPSA) is 143 Å². The van der Waals surface area contributed by atoms with E-state index in [0.717, 1.165) is 39.2 Å².